The molecule has 0 amide bonds. The summed E-state index contributed by atoms with van der Waals surface area (Å²) in [6, 6.07) is 0. The van der Waals surface area contributed by atoms with Gasteiger partial charge in [0.2, 0.25) is 6.19 Å². The topological polar surface area (TPSA) is 62.4 Å². The van der Waals surface area contributed by atoms with Crippen molar-refractivity contribution in [2.24, 2.45) is 16.8 Å². The Morgan fingerprint density at radius 1 is 1.47 bits per heavy atom. The van der Waals surface area contributed by atoms with Crippen molar-refractivity contribution in [3.63, 3.8) is 0 Å². The molecule has 4 nitrogen and oxygen atoms in total. The fraction of sp³-hybridized carbons (Fsp3) is 0.769. The normalized spacial score (nSPS) is 19.5. The molecule has 0 bridgehead atoms. The number of aliphatic imine (C=N–C) groups is 1. The van der Waals surface area contributed by atoms with Crippen LogP contribution in [0.5, 0.6) is 0 Å². The highest BCUT2D eigenvalue weighted by molar-refractivity contribution is 6.03. The third-order valence-corrected chi connectivity index (χ3v) is 3.29. The number of hydrogen-bond acceptors (Lipinski definition) is 4. The van der Waals surface area contributed by atoms with Crippen molar-refractivity contribution >= 4 is 11.7 Å². The zero-order valence-corrected chi connectivity index (χ0v) is 10.6. The van der Waals surface area contributed by atoms with Crippen molar-refractivity contribution in [3.05, 3.63) is 0 Å². The lowest BCUT2D eigenvalue weighted by Crippen LogP contribution is -2.30. The lowest BCUT2D eigenvalue weighted by atomic mass is 9.81. The summed E-state index contributed by atoms with van der Waals surface area (Å²) < 4.78 is 4.99. The standard InChI is InChI=1S/C13H20N2O2/c1-3-17-13(16)10(2)12(15-9-14)11-7-5-4-6-8-11/h10-11H,3-8H2,1-2H3. The molecule has 94 valence electrons. The van der Waals surface area contributed by atoms with Gasteiger partial charge in [0.05, 0.1) is 12.5 Å². The quantitative estimate of drug-likeness (QED) is 0.428. The van der Waals surface area contributed by atoms with Gasteiger partial charge in [0, 0.05) is 5.71 Å². The third-order valence-electron chi connectivity index (χ3n) is 3.29. The molecular formula is C13H20N2O2. The van der Waals surface area contributed by atoms with Gasteiger partial charge in [-0.25, -0.2) is 0 Å². The number of ether oxygens (including phenoxy) is 1. The Balaban J connectivity index is 2.74. The highest BCUT2D eigenvalue weighted by Crippen LogP contribution is 2.28. The van der Waals surface area contributed by atoms with Crippen LogP contribution in [0.3, 0.4) is 0 Å². The molecule has 4 heteroatoms. The number of hydrogen-bond donors (Lipinski definition) is 0. The van der Waals surface area contributed by atoms with E-state index in [1.54, 1.807) is 13.8 Å². The lowest BCUT2D eigenvalue weighted by molar-refractivity contribution is -0.145. The molecule has 0 heterocycles. The maximum absolute atomic E-state index is 11.7. The molecule has 1 saturated carbocycles. The molecule has 17 heavy (non-hydrogen) atoms. The van der Waals surface area contributed by atoms with E-state index in [0.717, 1.165) is 25.7 Å². The van der Waals surface area contributed by atoms with E-state index in [9.17, 15) is 4.79 Å². The molecule has 0 saturated heterocycles. The van der Waals surface area contributed by atoms with Crippen LogP contribution in [0, 0.1) is 23.3 Å². The van der Waals surface area contributed by atoms with Crippen LogP contribution < -0.4 is 0 Å². The molecule has 0 aromatic carbocycles. The zero-order valence-electron chi connectivity index (χ0n) is 10.6. The number of rotatable bonds is 4. The molecule has 0 aromatic rings. The molecule has 1 unspecified atom stereocenters. The molecule has 1 rings (SSSR count). The van der Waals surface area contributed by atoms with Crippen molar-refractivity contribution in [3.8, 4) is 6.19 Å². The molecule has 0 aliphatic heterocycles. The van der Waals surface area contributed by atoms with Gasteiger partial charge in [-0.05, 0) is 32.6 Å². The molecule has 1 fully saturated rings. The summed E-state index contributed by atoms with van der Waals surface area (Å²) in [5.41, 5.74) is 0.714. The second-order valence-electron chi connectivity index (χ2n) is 4.45. The first kappa shape index (κ1) is 13.7. The van der Waals surface area contributed by atoms with Crippen LogP contribution in [0.1, 0.15) is 46.0 Å². The number of carbonyl (C=O) groups excluding carboxylic acids is 1. The maximum atomic E-state index is 11.7. The molecule has 1 aliphatic rings. The summed E-state index contributed by atoms with van der Waals surface area (Å²) in [5, 5.41) is 8.74. The third kappa shape index (κ3) is 3.85. The van der Waals surface area contributed by atoms with E-state index in [1.165, 1.54) is 6.42 Å². The summed E-state index contributed by atoms with van der Waals surface area (Å²) in [6.07, 6.45) is 7.44. The van der Waals surface area contributed by atoms with E-state index in [2.05, 4.69) is 4.99 Å². The van der Waals surface area contributed by atoms with Gasteiger partial charge in [-0.15, -0.1) is 0 Å². The summed E-state index contributed by atoms with van der Waals surface area (Å²) in [6.45, 7) is 3.93. The first-order valence-corrected chi connectivity index (χ1v) is 6.33. The van der Waals surface area contributed by atoms with Gasteiger partial charge in [0.25, 0.3) is 0 Å². The molecule has 1 aliphatic carbocycles. The average molecular weight is 236 g/mol. The van der Waals surface area contributed by atoms with E-state index in [0.29, 0.717) is 12.3 Å². The molecule has 0 radical (unpaired) electrons. The smallest absolute Gasteiger partial charge is 0.314 e. The SMILES string of the molecule is CCOC(=O)C(C)C(=NC#N)C1CCCCC1. The van der Waals surface area contributed by atoms with Crippen molar-refractivity contribution in [1.29, 1.82) is 5.26 Å². The average Bonchev–Trinajstić information content (AvgIpc) is 2.36. The van der Waals surface area contributed by atoms with Crippen LogP contribution in [0.25, 0.3) is 0 Å². The van der Waals surface area contributed by atoms with Crippen molar-refractivity contribution in [2.45, 2.75) is 46.0 Å². The minimum Gasteiger partial charge on any atom is -0.465 e. The monoisotopic (exact) mass is 236 g/mol. The van der Waals surface area contributed by atoms with Crippen LogP contribution in [0.15, 0.2) is 4.99 Å². The van der Waals surface area contributed by atoms with Crippen LogP contribution >= 0.6 is 0 Å². The second-order valence-corrected chi connectivity index (χ2v) is 4.45. The van der Waals surface area contributed by atoms with E-state index in [-0.39, 0.29) is 11.9 Å². The van der Waals surface area contributed by atoms with Crippen molar-refractivity contribution in [2.75, 3.05) is 6.61 Å². The predicted octanol–water partition coefficient (Wildman–Crippen LogP) is 2.69. The molecular weight excluding hydrogens is 216 g/mol. The number of nitrogens with zero attached hydrogens (tertiary/aromatic N) is 2. The van der Waals surface area contributed by atoms with E-state index in [1.807, 2.05) is 6.19 Å². The zero-order chi connectivity index (χ0) is 12.7. The van der Waals surface area contributed by atoms with Crippen LogP contribution in [0.4, 0.5) is 0 Å². The molecule has 0 spiro atoms. The first-order chi connectivity index (χ1) is 8.20. The fourth-order valence-corrected chi connectivity index (χ4v) is 2.39. The Labute approximate surface area is 103 Å². The first-order valence-electron chi connectivity index (χ1n) is 6.33. The van der Waals surface area contributed by atoms with Gasteiger partial charge >= 0.3 is 5.97 Å². The Morgan fingerprint density at radius 2 is 2.12 bits per heavy atom. The Morgan fingerprint density at radius 3 is 2.65 bits per heavy atom. The highest BCUT2D eigenvalue weighted by atomic mass is 16.5. The number of carbonyl (C=O) groups is 1. The molecule has 0 N–H and O–H groups in total. The Hall–Kier alpha value is -1.37. The number of nitriles is 1. The summed E-state index contributed by atoms with van der Waals surface area (Å²) in [7, 11) is 0. The highest BCUT2D eigenvalue weighted by Gasteiger charge is 2.28. The van der Waals surface area contributed by atoms with Crippen LogP contribution in [-0.2, 0) is 9.53 Å². The lowest BCUT2D eigenvalue weighted by Gasteiger charge is -2.25. The van der Waals surface area contributed by atoms with Crippen LogP contribution in [-0.4, -0.2) is 18.3 Å². The minimum atomic E-state index is -0.391. The fourth-order valence-electron chi connectivity index (χ4n) is 2.39. The summed E-state index contributed by atoms with van der Waals surface area (Å²) >= 11 is 0. The van der Waals surface area contributed by atoms with Crippen LogP contribution in [0.2, 0.25) is 0 Å². The van der Waals surface area contributed by atoms with Gasteiger partial charge in [0.15, 0.2) is 0 Å². The summed E-state index contributed by atoms with van der Waals surface area (Å²) in [4.78, 5) is 15.6. The predicted molar refractivity (Wildman–Crippen MR) is 65.4 cm³/mol. The van der Waals surface area contributed by atoms with E-state index in [4.69, 9.17) is 10.00 Å². The van der Waals surface area contributed by atoms with Gasteiger partial charge in [-0.2, -0.15) is 10.3 Å². The largest absolute Gasteiger partial charge is 0.465 e. The van der Waals surface area contributed by atoms with Gasteiger partial charge in [0.1, 0.15) is 0 Å². The Bertz CT molecular complexity index is 325. The molecule has 0 aromatic heterocycles. The molecule has 1 atom stereocenters. The van der Waals surface area contributed by atoms with E-state index >= 15 is 0 Å². The van der Waals surface area contributed by atoms with Gasteiger partial charge in [-0.3, -0.25) is 4.79 Å². The minimum absolute atomic E-state index is 0.271. The Kier molecular flexibility index (Phi) is 5.68. The van der Waals surface area contributed by atoms with Crippen molar-refractivity contribution in [1.82, 2.24) is 0 Å². The number of esters is 1. The van der Waals surface area contributed by atoms with Gasteiger partial charge in [-0.1, -0.05) is 19.3 Å². The second kappa shape index (κ2) is 7.05. The maximum Gasteiger partial charge on any atom is 0.314 e. The summed E-state index contributed by atoms with van der Waals surface area (Å²) in [5.74, 6) is -0.382. The van der Waals surface area contributed by atoms with Crippen molar-refractivity contribution < 1.29 is 9.53 Å². The van der Waals surface area contributed by atoms with Gasteiger partial charge < -0.3 is 4.74 Å². The van der Waals surface area contributed by atoms with E-state index < -0.39 is 5.92 Å².